The SMILES string of the molecule is N#Cc1cnn2c1NC(=O)C(F)C2=O. The minimum Gasteiger partial charge on any atom is -0.306 e. The number of alkyl halides is 1. The van der Waals surface area contributed by atoms with Gasteiger partial charge >= 0.3 is 0 Å². The van der Waals surface area contributed by atoms with Crippen molar-refractivity contribution in [3.63, 3.8) is 0 Å². The molecule has 14 heavy (non-hydrogen) atoms. The van der Waals surface area contributed by atoms with E-state index in [1.807, 2.05) is 0 Å². The van der Waals surface area contributed by atoms with Gasteiger partial charge in [0.2, 0.25) is 0 Å². The van der Waals surface area contributed by atoms with Crippen molar-refractivity contribution in [1.82, 2.24) is 9.78 Å². The predicted molar refractivity (Wildman–Crippen MR) is 41.1 cm³/mol. The number of nitriles is 1. The van der Waals surface area contributed by atoms with E-state index in [0.29, 0.717) is 4.68 Å². The van der Waals surface area contributed by atoms with Crippen molar-refractivity contribution in [2.24, 2.45) is 0 Å². The van der Waals surface area contributed by atoms with Crippen LogP contribution in [0.25, 0.3) is 0 Å². The van der Waals surface area contributed by atoms with E-state index in [-0.39, 0.29) is 11.4 Å². The molecule has 7 heteroatoms. The molecule has 1 atom stereocenters. The molecule has 0 saturated carbocycles. The highest BCUT2D eigenvalue weighted by Crippen LogP contribution is 2.19. The number of amides is 1. The molecule has 1 unspecified atom stereocenters. The first kappa shape index (κ1) is 8.37. The van der Waals surface area contributed by atoms with E-state index < -0.39 is 18.0 Å². The fourth-order valence-corrected chi connectivity index (χ4v) is 1.12. The Kier molecular flexibility index (Phi) is 1.57. The number of rotatable bonds is 0. The van der Waals surface area contributed by atoms with Crippen LogP contribution in [-0.2, 0) is 4.79 Å². The monoisotopic (exact) mass is 194 g/mol. The highest BCUT2D eigenvalue weighted by atomic mass is 19.1. The number of anilines is 1. The third-order valence-corrected chi connectivity index (χ3v) is 1.79. The van der Waals surface area contributed by atoms with Crippen molar-refractivity contribution in [2.45, 2.75) is 6.17 Å². The Morgan fingerprint density at radius 1 is 1.64 bits per heavy atom. The molecule has 1 aliphatic rings. The van der Waals surface area contributed by atoms with Gasteiger partial charge in [-0.2, -0.15) is 15.0 Å². The van der Waals surface area contributed by atoms with Crippen molar-refractivity contribution < 1.29 is 14.0 Å². The molecule has 2 heterocycles. The summed E-state index contributed by atoms with van der Waals surface area (Å²) < 4.78 is 13.5. The lowest BCUT2D eigenvalue weighted by atomic mass is 10.2. The number of aromatic nitrogens is 2. The number of hydrogen-bond acceptors (Lipinski definition) is 4. The molecule has 0 bridgehead atoms. The first-order chi connectivity index (χ1) is 6.65. The van der Waals surface area contributed by atoms with Gasteiger partial charge in [-0.15, -0.1) is 0 Å². The lowest BCUT2D eigenvalue weighted by Gasteiger charge is -2.15. The maximum Gasteiger partial charge on any atom is 0.293 e. The van der Waals surface area contributed by atoms with Crippen LogP contribution < -0.4 is 5.32 Å². The number of nitrogens with zero attached hydrogens (tertiary/aromatic N) is 3. The summed E-state index contributed by atoms with van der Waals surface area (Å²) in [6.07, 6.45) is -1.17. The summed E-state index contributed by atoms with van der Waals surface area (Å²) in [5.74, 6) is -2.22. The molecular formula is C7H3FN4O2. The topological polar surface area (TPSA) is 87.8 Å². The molecule has 0 spiro atoms. The van der Waals surface area contributed by atoms with Gasteiger partial charge < -0.3 is 5.32 Å². The molecule has 0 fully saturated rings. The molecule has 1 N–H and O–H groups in total. The molecule has 0 saturated heterocycles. The zero-order valence-corrected chi connectivity index (χ0v) is 6.69. The van der Waals surface area contributed by atoms with Crippen LogP contribution in [-0.4, -0.2) is 27.8 Å². The summed E-state index contributed by atoms with van der Waals surface area (Å²) in [7, 11) is 0. The second kappa shape index (κ2) is 2.63. The van der Waals surface area contributed by atoms with E-state index in [1.165, 1.54) is 0 Å². The van der Waals surface area contributed by atoms with Crippen molar-refractivity contribution in [1.29, 1.82) is 5.26 Å². The first-order valence-electron chi connectivity index (χ1n) is 3.62. The summed E-state index contributed by atoms with van der Waals surface area (Å²) in [6, 6.07) is 1.72. The molecular weight excluding hydrogens is 191 g/mol. The average molecular weight is 194 g/mol. The van der Waals surface area contributed by atoms with Gasteiger partial charge in [0.05, 0.1) is 6.20 Å². The van der Waals surface area contributed by atoms with E-state index >= 15 is 0 Å². The van der Waals surface area contributed by atoms with E-state index in [0.717, 1.165) is 6.20 Å². The van der Waals surface area contributed by atoms with E-state index in [1.54, 1.807) is 6.07 Å². The number of carbonyl (C=O) groups excluding carboxylic acids is 2. The molecule has 0 aromatic carbocycles. The number of hydrogen-bond donors (Lipinski definition) is 1. The van der Waals surface area contributed by atoms with Crippen molar-refractivity contribution in [3.05, 3.63) is 11.8 Å². The molecule has 6 nitrogen and oxygen atoms in total. The molecule has 1 aliphatic heterocycles. The Morgan fingerprint density at radius 3 is 3.00 bits per heavy atom. The highest BCUT2D eigenvalue weighted by Gasteiger charge is 2.36. The summed E-state index contributed by atoms with van der Waals surface area (Å²) in [4.78, 5) is 22.0. The largest absolute Gasteiger partial charge is 0.306 e. The second-order valence-corrected chi connectivity index (χ2v) is 2.62. The third-order valence-electron chi connectivity index (χ3n) is 1.79. The normalized spacial score (nSPS) is 19.9. The number of nitrogens with one attached hydrogen (secondary N) is 1. The predicted octanol–water partition coefficient (Wildman–Crippen LogP) is -0.315. The first-order valence-corrected chi connectivity index (χ1v) is 3.62. The van der Waals surface area contributed by atoms with Crippen LogP contribution in [0.15, 0.2) is 6.20 Å². The summed E-state index contributed by atoms with van der Waals surface area (Å²) in [6.45, 7) is 0. The minimum atomic E-state index is -2.26. The van der Waals surface area contributed by atoms with Gasteiger partial charge in [0.25, 0.3) is 18.0 Å². The molecule has 2 rings (SSSR count). The lowest BCUT2D eigenvalue weighted by Crippen LogP contribution is -2.41. The van der Waals surface area contributed by atoms with Crippen molar-refractivity contribution in [2.75, 3.05) is 5.32 Å². The molecule has 1 aromatic rings. The molecule has 1 aromatic heterocycles. The van der Waals surface area contributed by atoms with Crippen LogP contribution in [0.3, 0.4) is 0 Å². The number of fused-ring (bicyclic) bond motifs is 1. The smallest absolute Gasteiger partial charge is 0.293 e. The zero-order chi connectivity index (χ0) is 10.3. The summed E-state index contributed by atoms with van der Waals surface area (Å²) in [5, 5.41) is 14.1. The number of halogens is 1. The fraction of sp³-hybridized carbons (Fsp3) is 0.143. The van der Waals surface area contributed by atoms with E-state index in [2.05, 4.69) is 10.4 Å². The van der Waals surface area contributed by atoms with Crippen molar-refractivity contribution in [3.8, 4) is 6.07 Å². The minimum absolute atomic E-state index is 0.0265. The molecule has 1 amide bonds. The van der Waals surface area contributed by atoms with Gasteiger partial charge in [0.1, 0.15) is 11.6 Å². The fourth-order valence-electron chi connectivity index (χ4n) is 1.12. The molecule has 0 aliphatic carbocycles. The van der Waals surface area contributed by atoms with Crippen LogP contribution >= 0.6 is 0 Å². The van der Waals surface area contributed by atoms with Crippen LogP contribution in [0.4, 0.5) is 10.2 Å². The van der Waals surface area contributed by atoms with Gasteiger partial charge in [-0.3, -0.25) is 9.59 Å². The van der Waals surface area contributed by atoms with Crippen LogP contribution in [0.5, 0.6) is 0 Å². The van der Waals surface area contributed by atoms with Crippen LogP contribution in [0.1, 0.15) is 10.4 Å². The standard InChI is InChI=1S/C7H3FN4O2/c8-4-6(13)11-5-3(1-9)2-10-12(5)7(4)14/h2,4H,(H,11,13). The summed E-state index contributed by atoms with van der Waals surface area (Å²) >= 11 is 0. The summed E-state index contributed by atoms with van der Waals surface area (Å²) in [5.41, 5.74) is 0.0265. The second-order valence-electron chi connectivity index (χ2n) is 2.62. The average Bonchev–Trinajstić information content (AvgIpc) is 2.57. The Labute approximate surface area is 76.9 Å². The highest BCUT2D eigenvalue weighted by molar-refractivity contribution is 6.14. The quantitative estimate of drug-likeness (QED) is 0.573. The van der Waals surface area contributed by atoms with Gasteiger partial charge in [-0.1, -0.05) is 0 Å². The van der Waals surface area contributed by atoms with Crippen molar-refractivity contribution >= 4 is 17.6 Å². The lowest BCUT2D eigenvalue weighted by molar-refractivity contribution is -0.119. The third kappa shape index (κ3) is 0.908. The Bertz CT molecular complexity index is 473. The van der Waals surface area contributed by atoms with Gasteiger partial charge in [-0.25, -0.2) is 4.39 Å². The molecule has 0 radical (unpaired) electrons. The Hall–Kier alpha value is -2.23. The van der Waals surface area contributed by atoms with Crippen LogP contribution in [0, 0.1) is 11.3 Å². The van der Waals surface area contributed by atoms with E-state index in [4.69, 9.17) is 5.26 Å². The maximum absolute atomic E-state index is 12.9. The molecule has 70 valence electrons. The maximum atomic E-state index is 12.9. The van der Waals surface area contributed by atoms with Gasteiger partial charge in [-0.05, 0) is 0 Å². The number of carbonyl (C=O) groups is 2. The zero-order valence-electron chi connectivity index (χ0n) is 6.69. The Morgan fingerprint density at radius 2 is 2.36 bits per heavy atom. The van der Waals surface area contributed by atoms with Gasteiger partial charge in [0, 0.05) is 0 Å². The van der Waals surface area contributed by atoms with Gasteiger partial charge in [0.15, 0.2) is 5.82 Å². The van der Waals surface area contributed by atoms with E-state index in [9.17, 15) is 14.0 Å². The Balaban J connectivity index is 2.59. The van der Waals surface area contributed by atoms with Crippen LogP contribution in [0.2, 0.25) is 0 Å².